The van der Waals surface area contributed by atoms with E-state index in [9.17, 15) is 9.59 Å². The van der Waals surface area contributed by atoms with Gasteiger partial charge in [-0.2, -0.15) is 0 Å². The number of aryl methyl sites for hydroxylation is 1. The fourth-order valence-corrected chi connectivity index (χ4v) is 2.00. The molecule has 0 radical (unpaired) electrons. The van der Waals surface area contributed by atoms with Gasteiger partial charge >= 0.3 is 5.69 Å². The van der Waals surface area contributed by atoms with E-state index in [1.54, 1.807) is 6.20 Å². The molecule has 106 valence electrons. The molecule has 0 saturated carbocycles. The van der Waals surface area contributed by atoms with Crippen LogP contribution in [0.25, 0.3) is 0 Å². The van der Waals surface area contributed by atoms with Crippen molar-refractivity contribution in [1.82, 2.24) is 14.9 Å². The summed E-state index contributed by atoms with van der Waals surface area (Å²) in [4.78, 5) is 25.4. The summed E-state index contributed by atoms with van der Waals surface area (Å²) in [5.41, 5.74) is 1.20. The summed E-state index contributed by atoms with van der Waals surface area (Å²) in [7, 11) is 0. The number of benzene rings is 1. The highest BCUT2D eigenvalue weighted by molar-refractivity contribution is 5.14. The van der Waals surface area contributed by atoms with Gasteiger partial charge in [-0.1, -0.05) is 37.3 Å². The average molecular weight is 273 g/mol. The first kappa shape index (κ1) is 14.3. The Hall–Kier alpha value is -2.14. The van der Waals surface area contributed by atoms with E-state index in [0.717, 1.165) is 6.54 Å². The second-order valence-electron chi connectivity index (χ2n) is 4.62. The number of hydrogen-bond acceptors (Lipinski definition) is 3. The molecule has 0 fully saturated rings. The van der Waals surface area contributed by atoms with Crippen LogP contribution >= 0.6 is 0 Å². The van der Waals surface area contributed by atoms with Gasteiger partial charge in [-0.25, -0.2) is 4.79 Å². The van der Waals surface area contributed by atoms with Crippen molar-refractivity contribution in [3.8, 4) is 0 Å². The van der Waals surface area contributed by atoms with Crippen molar-refractivity contribution in [3.05, 3.63) is 68.5 Å². The molecule has 0 aliphatic heterocycles. The number of aromatic amines is 1. The summed E-state index contributed by atoms with van der Waals surface area (Å²) in [6.07, 6.45) is 2.26. The first-order valence-corrected chi connectivity index (χ1v) is 6.78. The molecule has 5 heteroatoms. The molecule has 1 heterocycles. The van der Waals surface area contributed by atoms with E-state index in [1.165, 1.54) is 10.1 Å². The van der Waals surface area contributed by atoms with Gasteiger partial charge in [-0.05, 0) is 12.0 Å². The Kier molecular flexibility index (Phi) is 4.90. The summed E-state index contributed by atoms with van der Waals surface area (Å²) >= 11 is 0. The molecular formula is C15H19N3O2. The van der Waals surface area contributed by atoms with Crippen LogP contribution in [0.3, 0.4) is 0 Å². The lowest BCUT2D eigenvalue weighted by molar-refractivity contribution is 0.571. The molecular weight excluding hydrogens is 254 g/mol. The molecule has 0 unspecified atom stereocenters. The van der Waals surface area contributed by atoms with E-state index < -0.39 is 0 Å². The predicted molar refractivity (Wildman–Crippen MR) is 78.8 cm³/mol. The summed E-state index contributed by atoms with van der Waals surface area (Å²) < 4.78 is 1.54. The average Bonchev–Trinajstić information content (AvgIpc) is 2.46. The van der Waals surface area contributed by atoms with Crippen LogP contribution in [0.1, 0.15) is 18.1 Å². The molecule has 5 nitrogen and oxygen atoms in total. The zero-order valence-electron chi connectivity index (χ0n) is 11.6. The molecule has 0 spiro atoms. The van der Waals surface area contributed by atoms with Crippen LogP contribution in [0.2, 0.25) is 0 Å². The van der Waals surface area contributed by atoms with Gasteiger partial charge < -0.3 is 5.32 Å². The standard InChI is InChI=1S/C15H19N3O2/c1-2-13-11-18(15(20)17-14(13)19)9-8-16-10-12-6-4-3-5-7-12/h3-7,11,16H,2,8-10H2,1H3,(H,17,19,20). The molecule has 0 aliphatic carbocycles. The topological polar surface area (TPSA) is 66.9 Å². The van der Waals surface area contributed by atoms with Crippen molar-refractivity contribution in [3.63, 3.8) is 0 Å². The van der Waals surface area contributed by atoms with E-state index in [1.807, 2.05) is 37.3 Å². The summed E-state index contributed by atoms with van der Waals surface area (Å²) in [5.74, 6) is 0. The maximum absolute atomic E-state index is 11.7. The van der Waals surface area contributed by atoms with Crippen LogP contribution in [0.5, 0.6) is 0 Å². The van der Waals surface area contributed by atoms with Crippen LogP contribution in [-0.2, 0) is 19.5 Å². The fourth-order valence-electron chi connectivity index (χ4n) is 2.00. The number of hydrogen-bond donors (Lipinski definition) is 2. The molecule has 1 aromatic heterocycles. The van der Waals surface area contributed by atoms with Crippen molar-refractivity contribution < 1.29 is 0 Å². The minimum absolute atomic E-state index is 0.286. The van der Waals surface area contributed by atoms with Gasteiger partial charge in [0.15, 0.2) is 0 Å². The molecule has 2 N–H and O–H groups in total. The highest BCUT2D eigenvalue weighted by Gasteiger charge is 2.02. The van der Waals surface area contributed by atoms with Crippen molar-refractivity contribution in [2.75, 3.05) is 6.54 Å². The second-order valence-corrected chi connectivity index (χ2v) is 4.62. The highest BCUT2D eigenvalue weighted by atomic mass is 16.2. The lowest BCUT2D eigenvalue weighted by Gasteiger charge is -2.08. The molecule has 1 aromatic carbocycles. The second kappa shape index (κ2) is 6.86. The van der Waals surface area contributed by atoms with Crippen molar-refractivity contribution >= 4 is 0 Å². The van der Waals surface area contributed by atoms with Gasteiger partial charge in [0.25, 0.3) is 5.56 Å². The smallest absolute Gasteiger partial charge is 0.311 e. The first-order valence-electron chi connectivity index (χ1n) is 6.78. The molecule has 2 aromatic rings. The number of H-pyrrole nitrogens is 1. The Bertz CT molecular complexity index is 659. The monoisotopic (exact) mass is 273 g/mol. The SMILES string of the molecule is CCc1cn(CCNCc2ccccc2)c(=O)[nH]c1=O. The van der Waals surface area contributed by atoms with E-state index in [-0.39, 0.29) is 11.2 Å². The fraction of sp³-hybridized carbons (Fsp3) is 0.333. The Morgan fingerprint density at radius 3 is 2.65 bits per heavy atom. The van der Waals surface area contributed by atoms with Gasteiger partial charge in [0, 0.05) is 31.4 Å². The number of nitrogens with one attached hydrogen (secondary N) is 2. The third-order valence-corrected chi connectivity index (χ3v) is 3.17. The van der Waals surface area contributed by atoms with Crippen molar-refractivity contribution in [2.24, 2.45) is 0 Å². The van der Waals surface area contributed by atoms with E-state index in [2.05, 4.69) is 10.3 Å². The van der Waals surface area contributed by atoms with Crippen LogP contribution in [-0.4, -0.2) is 16.1 Å². The summed E-state index contributed by atoms with van der Waals surface area (Å²) in [6, 6.07) is 10.1. The van der Waals surface area contributed by atoms with Crippen LogP contribution in [0.4, 0.5) is 0 Å². The molecule has 0 atom stereocenters. The van der Waals surface area contributed by atoms with Crippen molar-refractivity contribution in [1.29, 1.82) is 0 Å². The van der Waals surface area contributed by atoms with E-state index >= 15 is 0 Å². The molecule has 0 bridgehead atoms. The van der Waals surface area contributed by atoms with Gasteiger partial charge in [0.2, 0.25) is 0 Å². The summed E-state index contributed by atoms with van der Waals surface area (Å²) in [6.45, 7) is 3.87. The minimum Gasteiger partial charge on any atom is -0.311 e. The zero-order valence-corrected chi connectivity index (χ0v) is 11.6. The van der Waals surface area contributed by atoms with Gasteiger partial charge in [-0.3, -0.25) is 14.3 Å². The Morgan fingerprint density at radius 2 is 1.95 bits per heavy atom. The van der Waals surface area contributed by atoms with Crippen LogP contribution in [0, 0.1) is 0 Å². The maximum atomic E-state index is 11.7. The number of nitrogens with zero attached hydrogens (tertiary/aromatic N) is 1. The van der Waals surface area contributed by atoms with Gasteiger partial charge in [0.1, 0.15) is 0 Å². The molecule has 2 rings (SSSR count). The van der Waals surface area contributed by atoms with Gasteiger partial charge in [-0.15, -0.1) is 0 Å². The quantitative estimate of drug-likeness (QED) is 0.768. The lowest BCUT2D eigenvalue weighted by Crippen LogP contribution is -2.34. The molecule has 20 heavy (non-hydrogen) atoms. The Labute approximate surface area is 117 Å². The maximum Gasteiger partial charge on any atom is 0.328 e. The van der Waals surface area contributed by atoms with Crippen molar-refractivity contribution in [2.45, 2.75) is 26.4 Å². The highest BCUT2D eigenvalue weighted by Crippen LogP contribution is 1.96. The lowest BCUT2D eigenvalue weighted by atomic mass is 10.2. The van der Waals surface area contributed by atoms with Crippen LogP contribution in [0.15, 0.2) is 46.1 Å². The Balaban J connectivity index is 1.91. The molecule has 0 amide bonds. The number of aromatic nitrogens is 2. The van der Waals surface area contributed by atoms with Crippen LogP contribution < -0.4 is 16.6 Å². The minimum atomic E-state index is -0.353. The Morgan fingerprint density at radius 1 is 1.20 bits per heavy atom. The first-order chi connectivity index (χ1) is 9.70. The number of rotatable bonds is 6. The molecule has 0 aliphatic rings. The largest absolute Gasteiger partial charge is 0.328 e. The summed E-state index contributed by atoms with van der Waals surface area (Å²) in [5, 5.41) is 3.28. The molecule has 0 saturated heterocycles. The zero-order chi connectivity index (χ0) is 14.4. The third-order valence-electron chi connectivity index (χ3n) is 3.17. The van der Waals surface area contributed by atoms with Gasteiger partial charge in [0.05, 0.1) is 0 Å². The van der Waals surface area contributed by atoms with E-state index in [4.69, 9.17) is 0 Å². The van der Waals surface area contributed by atoms with E-state index in [0.29, 0.717) is 25.1 Å². The predicted octanol–water partition coefficient (Wildman–Crippen LogP) is 0.889. The third kappa shape index (κ3) is 3.68. The normalized spacial score (nSPS) is 10.7.